The summed E-state index contributed by atoms with van der Waals surface area (Å²) in [6, 6.07) is 8.67. The van der Waals surface area contributed by atoms with Gasteiger partial charge in [-0.25, -0.2) is 9.36 Å². The molecule has 1 aromatic carbocycles. The Labute approximate surface area is 189 Å². The molecule has 0 bridgehead atoms. The van der Waals surface area contributed by atoms with Crippen LogP contribution in [0.1, 0.15) is 36.4 Å². The van der Waals surface area contributed by atoms with Crippen molar-refractivity contribution in [1.82, 2.24) is 19.5 Å². The van der Waals surface area contributed by atoms with Gasteiger partial charge in [0.05, 0.1) is 32.2 Å². The summed E-state index contributed by atoms with van der Waals surface area (Å²) in [5.74, 6) is 0.218. The highest BCUT2D eigenvalue weighted by atomic mass is 16.5. The molecule has 10 nitrogen and oxygen atoms in total. The second-order valence-corrected chi connectivity index (χ2v) is 7.58. The molecule has 172 valence electrons. The van der Waals surface area contributed by atoms with Gasteiger partial charge in [0, 0.05) is 25.0 Å². The molecule has 1 saturated heterocycles. The molecule has 1 atom stereocenters. The number of ether oxygens (including phenoxy) is 2. The van der Waals surface area contributed by atoms with Gasteiger partial charge in [0.1, 0.15) is 17.1 Å². The number of benzene rings is 1. The van der Waals surface area contributed by atoms with Crippen molar-refractivity contribution in [3.63, 3.8) is 0 Å². The highest BCUT2D eigenvalue weighted by Crippen LogP contribution is 2.31. The molecule has 1 aliphatic rings. The van der Waals surface area contributed by atoms with Crippen molar-refractivity contribution in [3.8, 4) is 23.1 Å². The topological polar surface area (TPSA) is 122 Å². The fraction of sp³-hybridized carbons (Fsp3) is 0.304. The van der Waals surface area contributed by atoms with Gasteiger partial charge in [0.15, 0.2) is 0 Å². The third-order valence-corrected chi connectivity index (χ3v) is 5.63. The summed E-state index contributed by atoms with van der Waals surface area (Å²) in [4.78, 5) is 31.6. The van der Waals surface area contributed by atoms with E-state index in [9.17, 15) is 14.7 Å². The van der Waals surface area contributed by atoms with E-state index in [1.807, 2.05) is 17.1 Å². The molecule has 2 N–H and O–H groups in total. The SMILES string of the molecule is COc1ccc(OC)c(-n2c(O)c(C=NN3CCCC[C@@H]3c3cccnc3)c(=O)[nH]c2=O)c1. The minimum absolute atomic E-state index is 0.00862. The maximum absolute atomic E-state index is 12.6. The molecule has 0 aliphatic carbocycles. The molecule has 3 heterocycles. The molecule has 0 amide bonds. The van der Waals surface area contributed by atoms with E-state index in [1.54, 1.807) is 24.5 Å². The Morgan fingerprint density at radius 2 is 2.06 bits per heavy atom. The van der Waals surface area contributed by atoms with E-state index in [2.05, 4.69) is 15.1 Å². The minimum Gasteiger partial charge on any atom is -0.497 e. The molecular weight excluding hydrogens is 426 g/mol. The van der Waals surface area contributed by atoms with Crippen LogP contribution in [0.3, 0.4) is 0 Å². The molecule has 2 aromatic heterocycles. The number of piperidine rings is 1. The van der Waals surface area contributed by atoms with Crippen LogP contribution in [0.5, 0.6) is 17.4 Å². The van der Waals surface area contributed by atoms with Gasteiger partial charge in [-0.15, -0.1) is 0 Å². The lowest BCUT2D eigenvalue weighted by atomic mass is 9.98. The van der Waals surface area contributed by atoms with Crippen molar-refractivity contribution >= 4 is 6.21 Å². The molecule has 1 aliphatic heterocycles. The lowest BCUT2D eigenvalue weighted by Gasteiger charge is -2.33. The van der Waals surface area contributed by atoms with Gasteiger partial charge in [0.2, 0.25) is 5.88 Å². The summed E-state index contributed by atoms with van der Waals surface area (Å²) in [5, 5.41) is 17.3. The average Bonchev–Trinajstić information content (AvgIpc) is 2.84. The first-order valence-corrected chi connectivity index (χ1v) is 10.5. The van der Waals surface area contributed by atoms with Crippen LogP contribution in [-0.2, 0) is 0 Å². The molecule has 10 heteroatoms. The van der Waals surface area contributed by atoms with Gasteiger partial charge >= 0.3 is 5.69 Å². The van der Waals surface area contributed by atoms with Gasteiger partial charge in [-0.1, -0.05) is 6.07 Å². The number of pyridine rings is 1. The van der Waals surface area contributed by atoms with Gasteiger partial charge in [-0.2, -0.15) is 5.10 Å². The average molecular weight is 451 g/mol. The smallest absolute Gasteiger partial charge is 0.335 e. The molecule has 1 fully saturated rings. The minimum atomic E-state index is -0.813. The summed E-state index contributed by atoms with van der Waals surface area (Å²) in [7, 11) is 2.92. The summed E-state index contributed by atoms with van der Waals surface area (Å²) in [6.45, 7) is 0.693. The number of aromatic nitrogens is 3. The molecule has 0 unspecified atom stereocenters. The van der Waals surface area contributed by atoms with Gasteiger partial charge in [-0.05, 0) is 43.0 Å². The first-order valence-electron chi connectivity index (χ1n) is 10.5. The number of rotatable bonds is 6. The lowest BCUT2D eigenvalue weighted by Crippen LogP contribution is -2.32. The van der Waals surface area contributed by atoms with Crippen molar-refractivity contribution < 1.29 is 14.6 Å². The number of aromatic hydroxyl groups is 1. The number of aromatic amines is 1. The number of H-pyrrole nitrogens is 1. The van der Waals surface area contributed by atoms with Crippen LogP contribution in [-0.4, -0.2) is 51.6 Å². The van der Waals surface area contributed by atoms with E-state index < -0.39 is 17.1 Å². The van der Waals surface area contributed by atoms with Crippen molar-refractivity contribution in [3.05, 3.63) is 74.7 Å². The zero-order chi connectivity index (χ0) is 23.4. The summed E-state index contributed by atoms with van der Waals surface area (Å²) in [5.41, 5.74) is -0.452. The first kappa shape index (κ1) is 22.1. The van der Waals surface area contributed by atoms with Gasteiger partial charge in [0.25, 0.3) is 5.56 Å². The van der Waals surface area contributed by atoms with Gasteiger partial charge in [-0.3, -0.25) is 19.8 Å². The fourth-order valence-corrected chi connectivity index (χ4v) is 3.95. The van der Waals surface area contributed by atoms with Crippen LogP contribution < -0.4 is 20.7 Å². The van der Waals surface area contributed by atoms with Crippen LogP contribution in [0.15, 0.2) is 57.4 Å². The number of methoxy groups -OCH3 is 2. The van der Waals surface area contributed by atoms with E-state index in [-0.39, 0.29) is 17.3 Å². The molecule has 0 spiro atoms. The Balaban J connectivity index is 1.76. The molecule has 0 saturated carbocycles. The zero-order valence-corrected chi connectivity index (χ0v) is 18.4. The Kier molecular flexibility index (Phi) is 6.43. The van der Waals surface area contributed by atoms with Crippen LogP contribution in [0.25, 0.3) is 5.69 Å². The maximum atomic E-state index is 12.6. The predicted octanol–water partition coefficient (Wildman–Crippen LogP) is 2.20. The van der Waals surface area contributed by atoms with E-state index in [4.69, 9.17) is 9.47 Å². The number of hydrogen-bond acceptors (Lipinski definition) is 8. The quantitative estimate of drug-likeness (QED) is 0.551. The first-order chi connectivity index (χ1) is 16.0. The predicted molar refractivity (Wildman–Crippen MR) is 123 cm³/mol. The Morgan fingerprint density at radius 1 is 1.21 bits per heavy atom. The summed E-state index contributed by atoms with van der Waals surface area (Å²) in [6.07, 6.45) is 7.71. The third kappa shape index (κ3) is 4.45. The van der Waals surface area contributed by atoms with Gasteiger partial charge < -0.3 is 14.6 Å². The van der Waals surface area contributed by atoms with E-state index in [0.29, 0.717) is 18.0 Å². The van der Waals surface area contributed by atoms with Crippen molar-refractivity contribution in [2.45, 2.75) is 25.3 Å². The Morgan fingerprint density at radius 3 is 2.79 bits per heavy atom. The summed E-state index contributed by atoms with van der Waals surface area (Å²) >= 11 is 0. The molecular formula is C23H25N5O5. The Bertz CT molecular complexity index is 1270. The second kappa shape index (κ2) is 9.60. The van der Waals surface area contributed by atoms with Crippen LogP contribution in [0.4, 0.5) is 0 Å². The fourth-order valence-electron chi connectivity index (χ4n) is 3.95. The van der Waals surface area contributed by atoms with Crippen LogP contribution >= 0.6 is 0 Å². The molecule has 4 rings (SSSR count). The van der Waals surface area contributed by atoms with Crippen LogP contribution in [0.2, 0.25) is 0 Å². The zero-order valence-electron chi connectivity index (χ0n) is 18.4. The highest BCUT2D eigenvalue weighted by Gasteiger charge is 2.23. The highest BCUT2D eigenvalue weighted by molar-refractivity contribution is 5.82. The van der Waals surface area contributed by atoms with E-state index in [1.165, 1.54) is 26.5 Å². The molecule has 0 radical (unpaired) electrons. The third-order valence-electron chi connectivity index (χ3n) is 5.63. The number of hydrogen-bond donors (Lipinski definition) is 2. The summed E-state index contributed by atoms with van der Waals surface area (Å²) < 4.78 is 11.5. The van der Waals surface area contributed by atoms with E-state index in [0.717, 1.165) is 29.4 Å². The normalized spacial score (nSPS) is 16.2. The molecule has 33 heavy (non-hydrogen) atoms. The van der Waals surface area contributed by atoms with Crippen molar-refractivity contribution in [2.75, 3.05) is 20.8 Å². The number of nitrogens with one attached hydrogen (secondary N) is 1. The largest absolute Gasteiger partial charge is 0.497 e. The molecule has 3 aromatic rings. The monoisotopic (exact) mass is 451 g/mol. The standard InChI is InChI=1S/C23H25N5O5/c1-32-16-8-9-20(33-2)19(12-16)28-22(30)17(21(29)26-23(28)31)14-25-27-11-4-3-7-18(27)15-6-5-10-24-13-15/h5-6,8-10,12-14,18,30H,3-4,7,11H2,1-2H3,(H,26,29,31)/t18-/m1/s1. The number of hydrazone groups is 1. The Hall–Kier alpha value is -4.08. The maximum Gasteiger partial charge on any atom is 0.335 e. The van der Waals surface area contributed by atoms with Crippen molar-refractivity contribution in [1.29, 1.82) is 0 Å². The van der Waals surface area contributed by atoms with E-state index >= 15 is 0 Å². The second-order valence-electron chi connectivity index (χ2n) is 7.58. The van der Waals surface area contributed by atoms with Crippen LogP contribution in [0, 0.1) is 0 Å². The number of nitrogens with zero attached hydrogens (tertiary/aromatic N) is 4. The van der Waals surface area contributed by atoms with Crippen molar-refractivity contribution in [2.24, 2.45) is 5.10 Å². The lowest BCUT2D eigenvalue weighted by molar-refractivity contribution is 0.156.